The molecule has 0 spiro atoms. The van der Waals surface area contributed by atoms with Crippen molar-refractivity contribution in [2.45, 2.75) is 57.9 Å². The van der Waals surface area contributed by atoms with E-state index in [1.807, 2.05) is 0 Å². The molecule has 0 radical (unpaired) electrons. The number of rotatable bonds is 9. The van der Waals surface area contributed by atoms with E-state index >= 15 is 0 Å². The lowest BCUT2D eigenvalue weighted by atomic mass is 9.89. The van der Waals surface area contributed by atoms with Gasteiger partial charge in [-0.15, -0.1) is 0 Å². The van der Waals surface area contributed by atoms with Crippen LogP contribution < -0.4 is 9.62 Å². The number of anilines is 1. The topological polar surface area (TPSA) is 66.5 Å². The summed E-state index contributed by atoms with van der Waals surface area (Å²) in [5.41, 5.74) is 4.38. The Morgan fingerprint density at radius 2 is 1.78 bits per heavy atom. The van der Waals surface area contributed by atoms with Gasteiger partial charge in [-0.2, -0.15) is 0 Å². The van der Waals surface area contributed by atoms with E-state index < -0.39 is 10.0 Å². The number of nitrogens with zero attached hydrogens (tertiary/aromatic N) is 1. The maximum absolute atomic E-state index is 12.6. The van der Waals surface area contributed by atoms with E-state index in [0.717, 1.165) is 31.1 Å². The number of benzene rings is 2. The van der Waals surface area contributed by atoms with E-state index in [1.54, 1.807) is 12.1 Å². The number of hydrogen-bond donors (Lipinski definition) is 1. The van der Waals surface area contributed by atoms with Crippen LogP contribution in [0.1, 0.15) is 61.8 Å². The highest BCUT2D eigenvalue weighted by molar-refractivity contribution is 7.92. The number of aryl methyl sites for hydroxylation is 2. The van der Waals surface area contributed by atoms with E-state index in [9.17, 15) is 13.2 Å². The summed E-state index contributed by atoms with van der Waals surface area (Å²) in [4.78, 5) is 12.6. The normalized spacial score (nSPS) is 14.5. The van der Waals surface area contributed by atoms with Crippen LogP contribution in [-0.2, 0) is 27.7 Å². The maximum Gasteiger partial charge on any atom is 0.232 e. The summed E-state index contributed by atoms with van der Waals surface area (Å²) in [5, 5.41) is 3.75. The van der Waals surface area contributed by atoms with Crippen molar-refractivity contribution in [3.8, 4) is 0 Å². The van der Waals surface area contributed by atoms with Gasteiger partial charge in [-0.25, -0.2) is 8.42 Å². The van der Waals surface area contributed by atoms with Crippen molar-refractivity contribution in [2.24, 2.45) is 0 Å². The summed E-state index contributed by atoms with van der Waals surface area (Å²) in [6, 6.07) is 11.2. The van der Waals surface area contributed by atoms with Crippen LogP contribution in [0, 0.1) is 0 Å². The van der Waals surface area contributed by atoms with Crippen molar-refractivity contribution in [1.82, 2.24) is 5.32 Å². The van der Waals surface area contributed by atoms with Crippen LogP contribution in [0.5, 0.6) is 0 Å². The van der Waals surface area contributed by atoms with Crippen molar-refractivity contribution in [3.05, 3.63) is 63.1 Å². The Morgan fingerprint density at radius 1 is 1.06 bits per heavy atom. The Balaban J connectivity index is 1.60. The van der Waals surface area contributed by atoms with E-state index in [2.05, 4.69) is 30.4 Å². The van der Waals surface area contributed by atoms with Gasteiger partial charge in [-0.3, -0.25) is 9.10 Å². The molecule has 1 atom stereocenters. The molecule has 1 N–H and O–H groups in total. The van der Waals surface area contributed by atoms with E-state index in [4.69, 9.17) is 23.2 Å². The Hall–Kier alpha value is -1.76. The zero-order valence-corrected chi connectivity index (χ0v) is 20.9. The summed E-state index contributed by atoms with van der Waals surface area (Å²) < 4.78 is 25.8. The average Bonchev–Trinajstić information content (AvgIpc) is 2.76. The standard InChI is InChI=1S/C24H30Cl2N2O3S/c1-3-23(19-11-10-17-7-4-5-8-18(17)15-19)27-24(29)9-6-14-28(32(2,30)31)20-12-13-21(25)22(26)16-20/h10-13,15-16,23H,3-9,14H2,1-2H3,(H,27,29). The van der Waals surface area contributed by atoms with Crippen LogP contribution in [0.25, 0.3) is 0 Å². The number of fused-ring (bicyclic) bond motifs is 1. The van der Waals surface area contributed by atoms with Gasteiger partial charge in [0.25, 0.3) is 0 Å². The predicted octanol–water partition coefficient (Wildman–Crippen LogP) is 5.69. The first-order chi connectivity index (χ1) is 15.2. The number of carbonyl (C=O) groups excluding carboxylic acids is 1. The van der Waals surface area contributed by atoms with E-state index in [-0.39, 0.29) is 29.9 Å². The Kier molecular flexibility index (Phi) is 8.48. The van der Waals surface area contributed by atoms with Crippen molar-refractivity contribution in [3.63, 3.8) is 0 Å². The fraction of sp³-hybridized carbons (Fsp3) is 0.458. The minimum Gasteiger partial charge on any atom is -0.349 e. The van der Waals surface area contributed by atoms with Gasteiger partial charge < -0.3 is 5.32 Å². The van der Waals surface area contributed by atoms with Crippen LogP contribution >= 0.6 is 23.2 Å². The molecular formula is C24H30Cl2N2O3S. The maximum atomic E-state index is 12.6. The minimum absolute atomic E-state index is 0.0455. The number of amides is 1. The van der Waals surface area contributed by atoms with Gasteiger partial charge in [0.15, 0.2) is 0 Å². The lowest BCUT2D eigenvalue weighted by molar-refractivity contribution is -0.121. The van der Waals surface area contributed by atoms with Crippen LogP contribution in [0.3, 0.4) is 0 Å². The van der Waals surface area contributed by atoms with Crippen molar-refractivity contribution in [1.29, 1.82) is 0 Å². The molecule has 1 unspecified atom stereocenters. The molecule has 1 aliphatic carbocycles. The van der Waals surface area contributed by atoms with Crippen LogP contribution in [0.15, 0.2) is 36.4 Å². The fourth-order valence-corrected chi connectivity index (χ4v) is 5.42. The minimum atomic E-state index is -3.53. The number of halogens is 2. The summed E-state index contributed by atoms with van der Waals surface area (Å²) in [7, 11) is -3.53. The second-order valence-corrected chi connectivity index (χ2v) is 11.0. The van der Waals surface area contributed by atoms with Crippen molar-refractivity contribution in [2.75, 3.05) is 17.1 Å². The van der Waals surface area contributed by atoms with Gasteiger partial charge in [-0.1, -0.05) is 48.3 Å². The van der Waals surface area contributed by atoms with Gasteiger partial charge >= 0.3 is 0 Å². The van der Waals surface area contributed by atoms with Gasteiger partial charge in [0.1, 0.15) is 0 Å². The van der Waals surface area contributed by atoms with Gasteiger partial charge in [0.2, 0.25) is 15.9 Å². The molecule has 0 aliphatic heterocycles. The molecule has 0 saturated heterocycles. The van der Waals surface area contributed by atoms with Crippen LogP contribution in [0.4, 0.5) is 5.69 Å². The summed E-state index contributed by atoms with van der Waals surface area (Å²) in [6.07, 6.45) is 7.25. The monoisotopic (exact) mass is 496 g/mol. The van der Waals surface area contributed by atoms with Crippen molar-refractivity contribution >= 4 is 44.8 Å². The lowest BCUT2D eigenvalue weighted by Gasteiger charge is -2.24. The first-order valence-electron chi connectivity index (χ1n) is 11.0. The SMILES string of the molecule is CCC(NC(=O)CCCN(c1ccc(Cl)c(Cl)c1)S(C)(=O)=O)c1ccc2c(c1)CCCC2. The van der Waals surface area contributed by atoms with Gasteiger partial charge in [-0.05, 0) is 73.4 Å². The zero-order chi connectivity index (χ0) is 23.3. The molecule has 0 aromatic heterocycles. The Bertz CT molecular complexity index is 1070. The number of sulfonamides is 1. The third-order valence-corrected chi connectivity index (χ3v) is 7.81. The molecule has 0 saturated carbocycles. The highest BCUT2D eigenvalue weighted by Crippen LogP contribution is 2.29. The Morgan fingerprint density at radius 3 is 2.44 bits per heavy atom. The molecule has 0 fully saturated rings. The van der Waals surface area contributed by atoms with E-state index in [0.29, 0.717) is 17.1 Å². The fourth-order valence-electron chi connectivity index (χ4n) is 4.17. The molecule has 2 aromatic rings. The highest BCUT2D eigenvalue weighted by Gasteiger charge is 2.20. The lowest BCUT2D eigenvalue weighted by Crippen LogP contribution is -2.33. The second kappa shape index (κ2) is 10.9. The van der Waals surface area contributed by atoms with E-state index in [1.165, 1.54) is 34.3 Å². The third kappa shape index (κ3) is 6.40. The number of nitrogens with one attached hydrogen (secondary N) is 1. The third-order valence-electron chi connectivity index (χ3n) is 5.87. The number of hydrogen-bond acceptors (Lipinski definition) is 3. The molecule has 8 heteroatoms. The average molecular weight is 497 g/mol. The molecule has 0 bridgehead atoms. The Labute approximate surface area is 201 Å². The second-order valence-electron chi connectivity index (χ2n) is 8.30. The molecule has 1 amide bonds. The van der Waals surface area contributed by atoms with Crippen molar-refractivity contribution < 1.29 is 13.2 Å². The predicted molar refractivity (Wildman–Crippen MR) is 132 cm³/mol. The molecule has 0 heterocycles. The summed E-state index contributed by atoms with van der Waals surface area (Å²) >= 11 is 12.0. The van der Waals surface area contributed by atoms with Crippen LogP contribution in [0.2, 0.25) is 10.0 Å². The molecule has 32 heavy (non-hydrogen) atoms. The number of carbonyl (C=O) groups is 1. The molecule has 3 rings (SSSR count). The van der Waals surface area contributed by atoms with Gasteiger partial charge in [0, 0.05) is 13.0 Å². The molecule has 174 valence electrons. The molecule has 2 aromatic carbocycles. The molecule has 1 aliphatic rings. The quantitative estimate of drug-likeness (QED) is 0.484. The first-order valence-corrected chi connectivity index (χ1v) is 13.6. The highest BCUT2D eigenvalue weighted by atomic mass is 35.5. The first kappa shape index (κ1) is 24.9. The zero-order valence-electron chi connectivity index (χ0n) is 18.5. The molecule has 5 nitrogen and oxygen atoms in total. The van der Waals surface area contributed by atoms with Crippen LogP contribution in [-0.4, -0.2) is 27.1 Å². The summed E-state index contributed by atoms with van der Waals surface area (Å²) in [6.45, 7) is 2.24. The largest absolute Gasteiger partial charge is 0.349 e. The smallest absolute Gasteiger partial charge is 0.232 e. The van der Waals surface area contributed by atoms with Gasteiger partial charge in [0.05, 0.1) is 28.0 Å². The molecular weight excluding hydrogens is 467 g/mol. The summed E-state index contributed by atoms with van der Waals surface area (Å²) in [5.74, 6) is -0.0860.